The standard InChI is InChI=1S/C21H20F2N2O2/c1-3-15-6-5-7-16(4-2)19(15)25-20(26)17(13-24)12-14-8-10-18(11-9-14)27-21(22)23/h5-12,21H,3-4H2,1-2H3,(H,25,26). The molecule has 4 nitrogen and oxygen atoms in total. The number of hydrogen-bond donors (Lipinski definition) is 1. The van der Waals surface area contributed by atoms with Gasteiger partial charge in [-0.2, -0.15) is 14.0 Å². The van der Waals surface area contributed by atoms with Gasteiger partial charge in [-0.3, -0.25) is 4.79 Å². The van der Waals surface area contributed by atoms with Gasteiger partial charge in [0, 0.05) is 5.69 Å². The number of anilines is 1. The summed E-state index contributed by atoms with van der Waals surface area (Å²) >= 11 is 0. The fraction of sp³-hybridized carbons (Fsp3) is 0.238. The highest BCUT2D eigenvalue weighted by atomic mass is 19.3. The average Bonchev–Trinajstić information content (AvgIpc) is 2.66. The molecule has 0 fully saturated rings. The molecule has 0 unspecified atom stereocenters. The number of halogens is 2. The highest BCUT2D eigenvalue weighted by molar-refractivity contribution is 6.10. The number of carbonyl (C=O) groups is 1. The molecular formula is C21H20F2N2O2. The second-order valence-electron chi connectivity index (χ2n) is 5.73. The lowest BCUT2D eigenvalue weighted by Crippen LogP contribution is -2.16. The van der Waals surface area contributed by atoms with Gasteiger partial charge in [0.1, 0.15) is 17.4 Å². The Morgan fingerprint density at radius 2 is 1.74 bits per heavy atom. The van der Waals surface area contributed by atoms with Crippen LogP contribution in [-0.4, -0.2) is 12.5 Å². The summed E-state index contributed by atoms with van der Waals surface area (Å²) in [5, 5.41) is 12.2. The summed E-state index contributed by atoms with van der Waals surface area (Å²) in [6.07, 6.45) is 2.91. The van der Waals surface area contributed by atoms with Crippen LogP contribution < -0.4 is 10.1 Å². The number of nitrogens with one attached hydrogen (secondary N) is 1. The van der Waals surface area contributed by atoms with Crippen molar-refractivity contribution in [1.29, 1.82) is 5.26 Å². The number of alkyl halides is 2. The molecule has 1 N–H and O–H groups in total. The van der Waals surface area contributed by atoms with E-state index < -0.39 is 12.5 Å². The molecule has 0 radical (unpaired) electrons. The van der Waals surface area contributed by atoms with E-state index >= 15 is 0 Å². The third kappa shape index (κ3) is 5.38. The number of nitrogens with zero attached hydrogens (tertiary/aromatic N) is 1. The quantitative estimate of drug-likeness (QED) is 0.554. The third-order valence-electron chi connectivity index (χ3n) is 4.02. The number of ether oxygens (including phenoxy) is 1. The number of hydrogen-bond acceptors (Lipinski definition) is 3. The Balaban J connectivity index is 2.24. The first-order valence-electron chi connectivity index (χ1n) is 8.57. The minimum absolute atomic E-state index is 0.00886. The monoisotopic (exact) mass is 370 g/mol. The van der Waals surface area contributed by atoms with Crippen LogP contribution in [0.2, 0.25) is 0 Å². The summed E-state index contributed by atoms with van der Waals surface area (Å²) in [6, 6.07) is 13.4. The van der Waals surface area contributed by atoms with E-state index in [1.807, 2.05) is 38.1 Å². The minimum atomic E-state index is -2.90. The van der Waals surface area contributed by atoms with E-state index in [4.69, 9.17) is 0 Å². The van der Waals surface area contributed by atoms with Crippen molar-refractivity contribution in [2.75, 3.05) is 5.32 Å². The molecule has 0 aliphatic rings. The smallest absolute Gasteiger partial charge is 0.387 e. The van der Waals surface area contributed by atoms with Gasteiger partial charge in [-0.15, -0.1) is 0 Å². The van der Waals surface area contributed by atoms with E-state index in [0.29, 0.717) is 5.56 Å². The predicted molar refractivity (Wildman–Crippen MR) is 100 cm³/mol. The summed E-state index contributed by atoms with van der Waals surface area (Å²) in [4.78, 5) is 12.6. The molecule has 0 bridgehead atoms. The summed E-state index contributed by atoms with van der Waals surface area (Å²) in [5.74, 6) is -0.504. The average molecular weight is 370 g/mol. The first-order valence-corrected chi connectivity index (χ1v) is 8.57. The Hall–Kier alpha value is -3.20. The van der Waals surface area contributed by atoms with Crippen molar-refractivity contribution in [1.82, 2.24) is 0 Å². The van der Waals surface area contributed by atoms with Gasteiger partial charge in [0.05, 0.1) is 0 Å². The van der Waals surface area contributed by atoms with Gasteiger partial charge >= 0.3 is 6.61 Å². The minimum Gasteiger partial charge on any atom is -0.435 e. The largest absolute Gasteiger partial charge is 0.435 e. The molecule has 0 aliphatic carbocycles. The molecule has 1 amide bonds. The first-order chi connectivity index (χ1) is 13.0. The number of para-hydroxylation sites is 1. The van der Waals surface area contributed by atoms with E-state index in [9.17, 15) is 18.8 Å². The zero-order valence-electron chi connectivity index (χ0n) is 15.1. The molecule has 27 heavy (non-hydrogen) atoms. The van der Waals surface area contributed by atoms with Gasteiger partial charge in [0.25, 0.3) is 5.91 Å². The zero-order chi connectivity index (χ0) is 19.8. The molecule has 0 heterocycles. The van der Waals surface area contributed by atoms with Crippen molar-refractivity contribution in [3.05, 3.63) is 64.7 Å². The first kappa shape index (κ1) is 20.1. The molecule has 0 aromatic heterocycles. The van der Waals surface area contributed by atoms with Crippen LogP contribution in [0, 0.1) is 11.3 Å². The van der Waals surface area contributed by atoms with Crippen molar-refractivity contribution >= 4 is 17.7 Å². The van der Waals surface area contributed by atoms with Gasteiger partial charge in [0.15, 0.2) is 0 Å². The molecule has 0 saturated heterocycles. The Morgan fingerprint density at radius 1 is 1.15 bits per heavy atom. The second-order valence-corrected chi connectivity index (χ2v) is 5.73. The number of rotatable bonds is 7. The fourth-order valence-electron chi connectivity index (χ4n) is 2.64. The van der Waals surface area contributed by atoms with Crippen molar-refractivity contribution in [3.63, 3.8) is 0 Å². The molecule has 0 saturated carbocycles. The molecule has 2 aromatic carbocycles. The SMILES string of the molecule is CCc1cccc(CC)c1NC(=O)C(C#N)=Cc1ccc(OC(F)F)cc1. The number of amides is 1. The van der Waals surface area contributed by atoms with Crippen LogP contribution in [0.3, 0.4) is 0 Å². The van der Waals surface area contributed by atoms with Crippen LogP contribution in [0.5, 0.6) is 5.75 Å². The van der Waals surface area contributed by atoms with Crippen LogP contribution >= 0.6 is 0 Å². The van der Waals surface area contributed by atoms with Crippen LogP contribution in [0.1, 0.15) is 30.5 Å². The van der Waals surface area contributed by atoms with Crippen LogP contribution in [0.25, 0.3) is 6.08 Å². The third-order valence-corrected chi connectivity index (χ3v) is 4.02. The highest BCUT2D eigenvalue weighted by Gasteiger charge is 2.14. The maximum atomic E-state index is 12.6. The Bertz CT molecular complexity index is 846. The van der Waals surface area contributed by atoms with Gasteiger partial charge in [-0.25, -0.2) is 0 Å². The van der Waals surface area contributed by atoms with E-state index in [1.54, 1.807) is 0 Å². The van der Waals surface area contributed by atoms with Gasteiger partial charge < -0.3 is 10.1 Å². The van der Waals surface area contributed by atoms with Crippen LogP contribution in [0.4, 0.5) is 14.5 Å². The topological polar surface area (TPSA) is 62.1 Å². The Kier molecular flexibility index (Phi) is 7.07. The van der Waals surface area contributed by atoms with Crippen LogP contribution in [0.15, 0.2) is 48.0 Å². The normalized spacial score (nSPS) is 11.2. The lowest BCUT2D eigenvalue weighted by atomic mass is 10.0. The molecule has 140 valence electrons. The summed E-state index contributed by atoms with van der Waals surface area (Å²) in [5.41, 5.74) is 3.17. The molecule has 0 atom stereocenters. The molecule has 2 aromatic rings. The van der Waals surface area contributed by atoms with Crippen LogP contribution in [-0.2, 0) is 17.6 Å². The maximum Gasteiger partial charge on any atom is 0.387 e. The van der Waals surface area contributed by atoms with Gasteiger partial charge in [-0.1, -0.05) is 44.2 Å². The Labute approximate surface area is 157 Å². The van der Waals surface area contributed by atoms with Gasteiger partial charge in [-0.05, 0) is 47.7 Å². The highest BCUT2D eigenvalue weighted by Crippen LogP contribution is 2.23. The van der Waals surface area contributed by atoms with Crippen molar-refractivity contribution < 1.29 is 18.3 Å². The molecule has 6 heteroatoms. The number of aryl methyl sites for hydroxylation is 2. The van der Waals surface area contributed by atoms with Crippen molar-refractivity contribution in [2.24, 2.45) is 0 Å². The number of nitriles is 1. The van der Waals surface area contributed by atoms with Crippen molar-refractivity contribution in [3.8, 4) is 11.8 Å². The lowest BCUT2D eigenvalue weighted by Gasteiger charge is -2.14. The maximum absolute atomic E-state index is 12.6. The van der Waals surface area contributed by atoms with E-state index in [-0.39, 0.29) is 11.3 Å². The number of carbonyl (C=O) groups excluding carboxylic acids is 1. The van der Waals surface area contributed by atoms with E-state index in [1.165, 1.54) is 30.3 Å². The molecule has 0 spiro atoms. The lowest BCUT2D eigenvalue weighted by molar-refractivity contribution is -0.112. The van der Waals surface area contributed by atoms with Gasteiger partial charge in [0.2, 0.25) is 0 Å². The number of benzene rings is 2. The second kappa shape index (κ2) is 9.48. The summed E-state index contributed by atoms with van der Waals surface area (Å²) in [7, 11) is 0. The predicted octanol–water partition coefficient (Wildman–Crippen LogP) is 4.96. The van der Waals surface area contributed by atoms with Crippen molar-refractivity contribution in [2.45, 2.75) is 33.3 Å². The summed E-state index contributed by atoms with van der Waals surface area (Å²) in [6.45, 7) is 1.08. The molecular weight excluding hydrogens is 350 g/mol. The summed E-state index contributed by atoms with van der Waals surface area (Å²) < 4.78 is 28.7. The van der Waals surface area contributed by atoms with E-state index in [2.05, 4.69) is 10.1 Å². The zero-order valence-corrected chi connectivity index (χ0v) is 15.1. The fourth-order valence-corrected chi connectivity index (χ4v) is 2.64. The molecule has 2 rings (SSSR count). The Morgan fingerprint density at radius 3 is 2.22 bits per heavy atom. The molecule has 0 aliphatic heterocycles. The van der Waals surface area contributed by atoms with E-state index in [0.717, 1.165) is 29.7 Å².